The lowest BCUT2D eigenvalue weighted by atomic mass is 9.77. The van der Waals surface area contributed by atoms with Crippen molar-refractivity contribution in [2.24, 2.45) is 11.8 Å². The molecule has 0 spiro atoms. The van der Waals surface area contributed by atoms with E-state index in [0.29, 0.717) is 36.1 Å². The summed E-state index contributed by atoms with van der Waals surface area (Å²) in [6, 6.07) is 3.91. The molecule has 1 saturated carbocycles. The van der Waals surface area contributed by atoms with Crippen LogP contribution in [0.5, 0.6) is 0 Å². The SMILES string of the molecule is Cc1ncc(-c2cc3cc(CC(=O)C4CCC(CCCF)CC4)ncc3cn2)o1. The lowest BCUT2D eigenvalue weighted by molar-refractivity contribution is -0.123. The Kier molecular flexibility index (Phi) is 5.97. The molecule has 0 amide bonds. The number of carbonyl (C=O) groups excluding carboxylic acids is 1. The number of fused-ring (bicyclic) bond motifs is 1. The van der Waals surface area contributed by atoms with E-state index in [1.54, 1.807) is 25.5 Å². The van der Waals surface area contributed by atoms with E-state index in [4.69, 9.17) is 4.42 Å². The van der Waals surface area contributed by atoms with Crippen LogP contribution in [0, 0.1) is 18.8 Å². The van der Waals surface area contributed by atoms with Crippen molar-refractivity contribution in [3.63, 3.8) is 0 Å². The summed E-state index contributed by atoms with van der Waals surface area (Å²) >= 11 is 0. The Bertz CT molecular complexity index is 993. The molecule has 3 aromatic heterocycles. The summed E-state index contributed by atoms with van der Waals surface area (Å²) in [5, 5.41) is 1.91. The van der Waals surface area contributed by atoms with E-state index in [-0.39, 0.29) is 18.4 Å². The van der Waals surface area contributed by atoms with Gasteiger partial charge in [0.2, 0.25) is 0 Å². The average molecular weight is 395 g/mol. The van der Waals surface area contributed by atoms with E-state index in [9.17, 15) is 9.18 Å². The van der Waals surface area contributed by atoms with Crippen LogP contribution in [0.1, 0.15) is 50.1 Å². The van der Waals surface area contributed by atoms with Crippen LogP contribution < -0.4 is 0 Å². The molecule has 0 saturated heterocycles. The monoisotopic (exact) mass is 395 g/mol. The number of rotatable bonds is 7. The first kappa shape index (κ1) is 19.7. The molecule has 6 heteroatoms. The number of alkyl halides is 1. The molecule has 152 valence electrons. The van der Waals surface area contributed by atoms with Crippen molar-refractivity contribution in [2.45, 2.75) is 51.9 Å². The fourth-order valence-corrected chi connectivity index (χ4v) is 4.26. The van der Waals surface area contributed by atoms with Gasteiger partial charge in [-0.1, -0.05) is 0 Å². The van der Waals surface area contributed by atoms with Crippen molar-refractivity contribution in [1.82, 2.24) is 15.0 Å². The summed E-state index contributed by atoms with van der Waals surface area (Å²) < 4.78 is 17.9. The summed E-state index contributed by atoms with van der Waals surface area (Å²) in [7, 11) is 0. The van der Waals surface area contributed by atoms with E-state index < -0.39 is 0 Å². The van der Waals surface area contributed by atoms with Crippen molar-refractivity contribution < 1.29 is 13.6 Å². The van der Waals surface area contributed by atoms with Crippen LogP contribution in [0.15, 0.2) is 35.1 Å². The van der Waals surface area contributed by atoms with Crippen molar-refractivity contribution in [2.75, 3.05) is 6.67 Å². The van der Waals surface area contributed by atoms with E-state index in [1.807, 2.05) is 12.1 Å². The van der Waals surface area contributed by atoms with Gasteiger partial charge in [-0.25, -0.2) is 4.98 Å². The number of hydrogen-bond acceptors (Lipinski definition) is 5. The molecule has 5 nitrogen and oxygen atoms in total. The average Bonchev–Trinajstić information content (AvgIpc) is 3.18. The van der Waals surface area contributed by atoms with Gasteiger partial charge in [-0.2, -0.15) is 0 Å². The minimum atomic E-state index is -0.236. The van der Waals surface area contributed by atoms with Crippen LogP contribution in [0.25, 0.3) is 22.2 Å². The smallest absolute Gasteiger partial charge is 0.191 e. The molecule has 3 aromatic rings. The second kappa shape index (κ2) is 8.80. The normalized spacial score (nSPS) is 19.5. The summed E-state index contributed by atoms with van der Waals surface area (Å²) in [5.74, 6) is 2.19. The van der Waals surface area contributed by atoms with Gasteiger partial charge in [0.25, 0.3) is 0 Å². The van der Waals surface area contributed by atoms with Gasteiger partial charge in [-0.3, -0.25) is 19.2 Å². The number of aromatic nitrogens is 3. The van der Waals surface area contributed by atoms with Gasteiger partial charge >= 0.3 is 0 Å². The summed E-state index contributed by atoms with van der Waals surface area (Å²) in [6.07, 6.45) is 11.1. The number of aryl methyl sites for hydroxylation is 1. The summed E-state index contributed by atoms with van der Waals surface area (Å²) in [6.45, 7) is 1.56. The van der Waals surface area contributed by atoms with E-state index in [2.05, 4.69) is 15.0 Å². The molecule has 0 aliphatic heterocycles. The number of hydrogen-bond donors (Lipinski definition) is 0. The quantitative estimate of drug-likeness (QED) is 0.546. The van der Waals surface area contributed by atoms with Gasteiger partial charge < -0.3 is 4.42 Å². The number of nitrogens with zero attached hydrogens (tertiary/aromatic N) is 3. The molecule has 1 aliphatic rings. The Morgan fingerprint density at radius 2 is 1.86 bits per heavy atom. The van der Waals surface area contributed by atoms with Gasteiger partial charge in [0.05, 0.1) is 12.9 Å². The summed E-state index contributed by atoms with van der Waals surface area (Å²) in [4.78, 5) is 25.8. The highest BCUT2D eigenvalue weighted by Crippen LogP contribution is 2.32. The van der Waals surface area contributed by atoms with Crippen molar-refractivity contribution in [3.05, 3.63) is 42.3 Å². The second-order valence-electron chi connectivity index (χ2n) is 8.03. The number of Topliss-reactive ketones (excluding diaryl/α,β-unsaturated/α-hetero) is 1. The van der Waals surface area contributed by atoms with Crippen LogP contribution in [-0.4, -0.2) is 27.4 Å². The number of oxazole rings is 1. The third-order valence-corrected chi connectivity index (χ3v) is 5.94. The number of ketones is 1. The molecule has 0 radical (unpaired) electrons. The fraction of sp³-hybridized carbons (Fsp3) is 0.478. The number of carbonyl (C=O) groups is 1. The number of pyridine rings is 2. The molecule has 1 aliphatic carbocycles. The van der Waals surface area contributed by atoms with Crippen molar-refractivity contribution >= 4 is 16.6 Å². The Morgan fingerprint density at radius 3 is 2.59 bits per heavy atom. The Balaban J connectivity index is 1.43. The Hall–Kier alpha value is -2.63. The summed E-state index contributed by atoms with van der Waals surface area (Å²) in [5.41, 5.74) is 1.50. The molecule has 0 aromatic carbocycles. The minimum absolute atomic E-state index is 0.110. The maximum Gasteiger partial charge on any atom is 0.191 e. The van der Waals surface area contributed by atoms with E-state index >= 15 is 0 Å². The highest BCUT2D eigenvalue weighted by atomic mass is 19.1. The minimum Gasteiger partial charge on any atom is -0.439 e. The highest BCUT2D eigenvalue weighted by Gasteiger charge is 2.26. The van der Waals surface area contributed by atoms with Gasteiger partial charge in [-0.05, 0) is 62.0 Å². The molecule has 0 unspecified atom stereocenters. The molecular weight excluding hydrogens is 369 g/mol. The standard InChI is InChI=1S/C23H26FN3O2/c1-15-25-14-23(29-15)21-10-18-9-20(26-12-19(18)13-27-21)11-22(28)17-6-4-16(5-7-17)3-2-8-24/h9-10,12-14,16-17H,2-8,11H2,1H3. The Labute approximate surface area is 169 Å². The van der Waals surface area contributed by atoms with E-state index in [0.717, 1.165) is 48.6 Å². The first-order valence-electron chi connectivity index (χ1n) is 10.4. The zero-order chi connectivity index (χ0) is 20.2. The van der Waals surface area contributed by atoms with Gasteiger partial charge in [-0.15, -0.1) is 0 Å². The zero-order valence-corrected chi connectivity index (χ0v) is 16.7. The first-order chi connectivity index (χ1) is 14.1. The third kappa shape index (κ3) is 4.69. The largest absolute Gasteiger partial charge is 0.439 e. The molecule has 0 N–H and O–H groups in total. The Morgan fingerprint density at radius 1 is 1.07 bits per heavy atom. The van der Waals surface area contributed by atoms with Gasteiger partial charge in [0, 0.05) is 42.7 Å². The van der Waals surface area contributed by atoms with Crippen LogP contribution in [0.2, 0.25) is 0 Å². The first-order valence-corrected chi connectivity index (χ1v) is 10.4. The lowest BCUT2D eigenvalue weighted by Gasteiger charge is -2.27. The van der Waals surface area contributed by atoms with Crippen molar-refractivity contribution in [1.29, 1.82) is 0 Å². The number of halogens is 1. The van der Waals surface area contributed by atoms with Crippen molar-refractivity contribution in [3.8, 4) is 11.5 Å². The van der Waals surface area contributed by atoms with Gasteiger partial charge in [0.15, 0.2) is 11.7 Å². The van der Waals surface area contributed by atoms with Gasteiger partial charge in [0.1, 0.15) is 11.5 Å². The zero-order valence-electron chi connectivity index (χ0n) is 16.7. The maximum atomic E-state index is 12.8. The predicted molar refractivity (Wildman–Crippen MR) is 109 cm³/mol. The second-order valence-corrected chi connectivity index (χ2v) is 8.03. The molecule has 29 heavy (non-hydrogen) atoms. The lowest BCUT2D eigenvalue weighted by Crippen LogP contribution is -2.23. The van der Waals surface area contributed by atoms with Crippen LogP contribution in [0.3, 0.4) is 0 Å². The molecule has 3 heterocycles. The molecule has 1 fully saturated rings. The molecular formula is C23H26FN3O2. The third-order valence-electron chi connectivity index (χ3n) is 5.94. The topological polar surface area (TPSA) is 68.9 Å². The van der Waals surface area contributed by atoms with Crippen LogP contribution in [-0.2, 0) is 11.2 Å². The molecule has 0 atom stereocenters. The predicted octanol–water partition coefficient (Wildman–Crippen LogP) is 5.26. The van der Waals surface area contributed by atoms with Crippen LogP contribution in [0.4, 0.5) is 4.39 Å². The highest BCUT2D eigenvalue weighted by molar-refractivity contribution is 5.87. The molecule has 0 bridgehead atoms. The van der Waals surface area contributed by atoms with Crippen LogP contribution >= 0.6 is 0 Å². The molecule has 4 rings (SSSR count). The maximum absolute atomic E-state index is 12.8. The van der Waals surface area contributed by atoms with E-state index in [1.165, 1.54) is 0 Å². The fourth-order valence-electron chi connectivity index (χ4n) is 4.26.